The van der Waals surface area contributed by atoms with Crippen LogP contribution < -0.4 is 0 Å². The number of phenolic OH excluding ortho intramolecular Hbond substituents is 2. The number of aliphatic hydroxyl groups excluding tert-OH is 1. The summed E-state index contributed by atoms with van der Waals surface area (Å²) in [5.41, 5.74) is 0.257. The summed E-state index contributed by atoms with van der Waals surface area (Å²) in [6.07, 6.45) is 3.95. The van der Waals surface area contributed by atoms with Crippen molar-refractivity contribution in [1.82, 2.24) is 0 Å². The number of phenols is 2. The molecule has 22 heavy (non-hydrogen) atoms. The van der Waals surface area contributed by atoms with Gasteiger partial charge in [0, 0.05) is 10.5 Å². The number of ketones is 1. The highest BCUT2D eigenvalue weighted by Crippen LogP contribution is 2.31. The van der Waals surface area contributed by atoms with Crippen LogP contribution in [0.15, 0.2) is 35.3 Å². The van der Waals surface area contributed by atoms with Gasteiger partial charge in [-0.15, -0.1) is 11.8 Å². The Kier molecular flexibility index (Phi) is 6.52. The van der Waals surface area contributed by atoms with Crippen LogP contribution in [-0.4, -0.2) is 39.9 Å². The van der Waals surface area contributed by atoms with Gasteiger partial charge in [0.2, 0.25) is 0 Å². The predicted molar refractivity (Wildman–Crippen MR) is 83.6 cm³/mol. The first-order valence-electron chi connectivity index (χ1n) is 6.29. The van der Waals surface area contributed by atoms with E-state index in [9.17, 15) is 24.9 Å². The second kappa shape index (κ2) is 8.14. The van der Waals surface area contributed by atoms with E-state index in [1.165, 1.54) is 24.3 Å². The topological polar surface area (TPSA) is 104 Å². The fraction of sp³-hybridized carbons (Fsp3) is 0.200. The summed E-state index contributed by atoms with van der Waals surface area (Å²) in [5, 5.41) is 28.8. The molecule has 0 saturated heterocycles. The van der Waals surface area contributed by atoms with Crippen LogP contribution in [0.25, 0.3) is 5.76 Å². The lowest BCUT2D eigenvalue weighted by atomic mass is 10.1. The lowest BCUT2D eigenvalue weighted by Crippen LogP contribution is -2.14. The van der Waals surface area contributed by atoms with Crippen molar-refractivity contribution < 1.29 is 29.6 Å². The molecule has 0 aliphatic carbocycles. The molecular formula is C15H16O6S. The zero-order chi connectivity index (χ0) is 16.7. The van der Waals surface area contributed by atoms with Gasteiger partial charge < -0.3 is 20.1 Å². The van der Waals surface area contributed by atoms with E-state index in [2.05, 4.69) is 4.74 Å². The summed E-state index contributed by atoms with van der Waals surface area (Å²) in [5.74, 6) is -2.70. The maximum Gasteiger partial charge on any atom is 0.379 e. The first kappa shape index (κ1) is 17.6. The molecule has 0 fully saturated rings. The van der Waals surface area contributed by atoms with E-state index in [4.69, 9.17) is 0 Å². The Hall–Kier alpha value is -2.41. The number of hydrogen-bond donors (Lipinski definition) is 3. The standard InChI is InChI=1S/C15H16O6S/c1-3-21-15(20)11(17)6-7-13(22-2)14(19)9-4-5-10(16)12(18)8-9/h4-8,16,18-19H,3H2,1-2H3/b7-6+,14-13+. The molecular weight excluding hydrogens is 308 g/mol. The number of carbonyl (C=O) groups is 2. The Morgan fingerprint density at radius 1 is 1.23 bits per heavy atom. The molecule has 0 atom stereocenters. The molecule has 0 aliphatic heterocycles. The maximum absolute atomic E-state index is 11.5. The first-order valence-corrected chi connectivity index (χ1v) is 7.51. The van der Waals surface area contributed by atoms with Gasteiger partial charge in [0.25, 0.3) is 5.78 Å². The minimum absolute atomic E-state index is 0.0989. The molecule has 118 valence electrons. The SMILES string of the molecule is CCOC(=O)C(=O)/C=C/C(SC)=C(\O)c1ccc(O)c(O)c1. The van der Waals surface area contributed by atoms with E-state index in [-0.39, 0.29) is 29.4 Å². The van der Waals surface area contributed by atoms with Gasteiger partial charge in [0.1, 0.15) is 5.76 Å². The van der Waals surface area contributed by atoms with Gasteiger partial charge in [-0.25, -0.2) is 4.79 Å². The highest BCUT2D eigenvalue weighted by molar-refractivity contribution is 8.02. The molecule has 0 radical (unpaired) electrons. The minimum Gasteiger partial charge on any atom is -0.506 e. The molecule has 0 amide bonds. The number of carbonyl (C=O) groups excluding carboxylic acids is 2. The molecule has 1 aromatic rings. The Morgan fingerprint density at radius 3 is 2.45 bits per heavy atom. The Morgan fingerprint density at radius 2 is 1.91 bits per heavy atom. The molecule has 0 bridgehead atoms. The van der Waals surface area contributed by atoms with E-state index in [0.29, 0.717) is 4.91 Å². The summed E-state index contributed by atoms with van der Waals surface area (Å²) in [6.45, 7) is 1.69. The summed E-state index contributed by atoms with van der Waals surface area (Å²) in [6, 6.07) is 3.82. The lowest BCUT2D eigenvalue weighted by molar-refractivity contribution is -0.151. The molecule has 0 spiro atoms. The predicted octanol–water partition coefficient (Wildman–Crippen LogP) is 2.38. The molecule has 3 N–H and O–H groups in total. The molecule has 0 heterocycles. The average Bonchev–Trinajstić information content (AvgIpc) is 2.50. The third-order valence-electron chi connectivity index (χ3n) is 2.56. The number of aliphatic hydroxyl groups is 1. The van der Waals surface area contributed by atoms with Crippen molar-refractivity contribution in [2.45, 2.75) is 6.92 Å². The maximum atomic E-state index is 11.5. The summed E-state index contributed by atoms with van der Waals surface area (Å²) < 4.78 is 4.56. The van der Waals surface area contributed by atoms with E-state index in [1.807, 2.05) is 0 Å². The van der Waals surface area contributed by atoms with Gasteiger partial charge in [0.15, 0.2) is 11.5 Å². The second-order valence-electron chi connectivity index (χ2n) is 4.04. The number of hydrogen-bond acceptors (Lipinski definition) is 7. The fourth-order valence-electron chi connectivity index (χ4n) is 1.48. The third kappa shape index (κ3) is 4.56. The van der Waals surface area contributed by atoms with Gasteiger partial charge in [0.05, 0.1) is 6.61 Å². The third-order valence-corrected chi connectivity index (χ3v) is 3.33. The molecule has 0 aromatic heterocycles. The molecule has 1 rings (SSSR count). The quantitative estimate of drug-likeness (QED) is 0.184. The van der Waals surface area contributed by atoms with Crippen LogP contribution in [0.2, 0.25) is 0 Å². The highest BCUT2D eigenvalue weighted by Gasteiger charge is 2.12. The van der Waals surface area contributed by atoms with Crippen molar-refractivity contribution >= 4 is 29.3 Å². The van der Waals surface area contributed by atoms with Crippen molar-refractivity contribution in [2.24, 2.45) is 0 Å². The van der Waals surface area contributed by atoms with Crippen LogP contribution in [-0.2, 0) is 14.3 Å². The number of thioether (sulfide) groups is 1. The number of esters is 1. The van der Waals surface area contributed by atoms with E-state index in [0.717, 1.165) is 17.8 Å². The number of ether oxygens (including phenoxy) is 1. The number of aromatic hydroxyl groups is 2. The van der Waals surface area contributed by atoms with Gasteiger partial charge in [-0.2, -0.15) is 0 Å². The second-order valence-corrected chi connectivity index (χ2v) is 4.89. The minimum atomic E-state index is -0.971. The molecule has 0 saturated carbocycles. The van der Waals surface area contributed by atoms with Crippen LogP contribution in [0.1, 0.15) is 12.5 Å². The van der Waals surface area contributed by atoms with Crippen LogP contribution >= 0.6 is 11.8 Å². The van der Waals surface area contributed by atoms with Crippen LogP contribution in [0.4, 0.5) is 0 Å². The zero-order valence-corrected chi connectivity index (χ0v) is 12.9. The summed E-state index contributed by atoms with van der Waals surface area (Å²) in [7, 11) is 0. The fourth-order valence-corrected chi connectivity index (χ4v) is 1.99. The highest BCUT2D eigenvalue weighted by atomic mass is 32.2. The van der Waals surface area contributed by atoms with Gasteiger partial charge in [-0.1, -0.05) is 0 Å². The van der Waals surface area contributed by atoms with Crippen molar-refractivity contribution in [2.75, 3.05) is 12.9 Å². The van der Waals surface area contributed by atoms with Crippen molar-refractivity contribution in [1.29, 1.82) is 0 Å². The molecule has 0 unspecified atom stereocenters. The van der Waals surface area contributed by atoms with Crippen LogP contribution in [0.3, 0.4) is 0 Å². The average molecular weight is 324 g/mol. The lowest BCUT2D eigenvalue weighted by Gasteiger charge is -2.06. The molecule has 1 aromatic carbocycles. The number of allylic oxidation sites excluding steroid dienone is 1. The van der Waals surface area contributed by atoms with E-state index >= 15 is 0 Å². The van der Waals surface area contributed by atoms with Gasteiger partial charge in [-0.05, 0) is 43.5 Å². The van der Waals surface area contributed by atoms with Crippen LogP contribution in [0.5, 0.6) is 11.5 Å². The van der Waals surface area contributed by atoms with Gasteiger partial charge >= 0.3 is 5.97 Å². The molecule has 0 aliphatic rings. The summed E-state index contributed by atoms with van der Waals surface area (Å²) >= 11 is 1.14. The molecule has 6 nitrogen and oxygen atoms in total. The van der Waals surface area contributed by atoms with E-state index in [1.54, 1.807) is 13.2 Å². The monoisotopic (exact) mass is 324 g/mol. The van der Waals surface area contributed by atoms with Crippen molar-refractivity contribution in [3.05, 3.63) is 40.8 Å². The van der Waals surface area contributed by atoms with Crippen molar-refractivity contribution in [3.8, 4) is 11.5 Å². The smallest absolute Gasteiger partial charge is 0.379 e. The number of benzene rings is 1. The summed E-state index contributed by atoms with van der Waals surface area (Å²) in [4.78, 5) is 23.0. The number of rotatable bonds is 6. The Bertz CT molecular complexity index is 633. The Labute approximate surface area is 131 Å². The van der Waals surface area contributed by atoms with Crippen molar-refractivity contribution in [3.63, 3.8) is 0 Å². The normalized spacial score (nSPS) is 12.1. The van der Waals surface area contributed by atoms with E-state index < -0.39 is 11.8 Å². The first-order chi connectivity index (χ1) is 10.4. The van der Waals surface area contributed by atoms with Crippen LogP contribution in [0, 0.1) is 0 Å². The van der Waals surface area contributed by atoms with Gasteiger partial charge in [-0.3, -0.25) is 4.79 Å². The zero-order valence-electron chi connectivity index (χ0n) is 12.1. The Balaban J connectivity index is 3.04. The molecule has 7 heteroatoms. The largest absolute Gasteiger partial charge is 0.506 e.